The summed E-state index contributed by atoms with van der Waals surface area (Å²) in [6.45, 7) is 10.3. The molecule has 0 aliphatic carbocycles. The molecule has 0 radical (unpaired) electrons. The summed E-state index contributed by atoms with van der Waals surface area (Å²) in [4.78, 5) is 16.8. The van der Waals surface area contributed by atoms with Crippen molar-refractivity contribution in [3.8, 4) is 0 Å². The smallest absolute Gasteiger partial charge is 0.320 e. The van der Waals surface area contributed by atoms with Crippen molar-refractivity contribution in [3.63, 3.8) is 0 Å². The summed E-state index contributed by atoms with van der Waals surface area (Å²) >= 11 is 0. The van der Waals surface area contributed by atoms with Crippen LogP contribution >= 0.6 is 0 Å². The summed E-state index contributed by atoms with van der Waals surface area (Å²) in [6, 6.07) is 1.02. The average Bonchev–Trinajstić information content (AvgIpc) is 2.87. The van der Waals surface area contributed by atoms with Gasteiger partial charge in [-0.15, -0.1) is 0 Å². The first kappa shape index (κ1) is 14.6. The molecule has 4 heteroatoms. The minimum absolute atomic E-state index is 0.246. The van der Waals surface area contributed by atoms with Gasteiger partial charge in [-0.25, -0.2) is 4.79 Å². The van der Waals surface area contributed by atoms with E-state index in [9.17, 15) is 4.79 Å². The molecule has 2 unspecified atom stereocenters. The Balaban J connectivity index is 1.94. The number of likely N-dealkylation sites (tertiary alicyclic amines) is 1. The van der Waals surface area contributed by atoms with Crippen molar-refractivity contribution < 1.29 is 4.79 Å². The van der Waals surface area contributed by atoms with Crippen molar-refractivity contribution in [1.82, 2.24) is 15.1 Å². The maximum atomic E-state index is 12.7. The Bertz CT molecular complexity index is 300. The topological polar surface area (TPSA) is 35.6 Å². The summed E-state index contributed by atoms with van der Waals surface area (Å²) < 4.78 is 0. The van der Waals surface area contributed by atoms with Crippen molar-refractivity contribution in [1.29, 1.82) is 0 Å². The first-order valence-electron chi connectivity index (χ1n) is 7.87. The molecule has 2 amide bonds. The third-order valence-electron chi connectivity index (χ3n) is 4.38. The predicted molar refractivity (Wildman–Crippen MR) is 78.2 cm³/mol. The molecule has 110 valence electrons. The van der Waals surface area contributed by atoms with Gasteiger partial charge in [-0.1, -0.05) is 6.92 Å². The van der Waals surface area contributed by atoms with Gasteiger partial charge < -0.3 is 15.1 Å². The van der Waals surface area contributed by atoms with E-state index in [0.29, 0.717) is 12.0 Å². The van der Waals surface area contributed by atoms with Crippen molar-refractivity contribution in [2.24, 2.45) is 5.92 Å². The molecule has 2 atom stereocenters. The molecule has 1 N–H and O–H groups in total. The van der Waals surface area contributed by atoms with E-state index in [4.69, 9.17) is 0 Å². The highest BCUT2D eigenvalue weighted by Gasteiger charge is 2.29. The number of nitrogens with one attached hydrogen (secondary N) is 1. The molecule has 0 aromatic heterocycles. The highest BCUT2D eigenvalue weighted by atomic mass is 16.2. The minimum Gasteiger partial charge on any atom is -0.324 e. The van der Waals surface area contributed by atoms with Crippen molar-refractivity contribution in [2.45, 2.75) is 58.5 Å². The van der Waals surface area contributed by atoms with Gasteiger partial charge in [0.25, 0.3) is 0 Å². The zero-order valence-corrected chi connectivity index (χ0v) is 12.7. The van der Waals surface area contributed by atoms with Gasteiger partial charge in [0.05, 0.1) is 0 Å². The van der Waals surface area contributed by atoms with Gasteiger partial charge in [0.2, 0.25) is 0 Å². The SMILES string of the molecule is CC1CCCN(C(=O)N(CC2CCCN2)C(C)C)C1. The average molecular weight is 267 g/mol. The lowest BCUT2D eigenvalue weighted by Crippen LogP contribution is -2.52. The molecule has 2 rings (SSSR count). The summed E-state index contributed by atoms with van der Waals surface area (Å²) in [5, 5.41) is 3.50. The molecular weight excluding hydrogens is 238 g/mol. The van der Waals surface area contributed by atoms with Gasteiger partial charge in [0.15, 0.2) is 0 Å². The molecule has 2 saturated heterocycles. The molecule has 0 aromatic carbocycles. The fourth-order valence-electron chi connectivity index (χ4n) is 3.20. The van der Waals surface area contributed by atoms with Crippen LogP contribution in [0.5, 0.6) is 0 Å². The number of hydrogen-bond donors (Lipinski definition) is 1. The molecule has 19 heavy (non-hydrogen) atoms. The van der Waals surface area contributed by atoms with Crippen molar-refractivity contribution >= 4 is 6.03 Å². The summed E-state index contributed by atoms with van der Waals surface area (Å²) in [7, 11) is 0. The molecule has 0 spiro atoms. The maximum Gasteiger partial charge on any atom is 0.320 e. The quantitative estimate of drug-likeness (QED) is 0.851. The van der Waals surface area contributed by atoms with Crippen LogP contribution in [0, 0.1) is 5.92 Å². The predicted octanol–water partition coefficient (Wildman–Crippen LogP) is 2.30. The number of piperidine rings is 1. The van der Waals surface area contributed by atoms with Crippen LogP contribution in [-0.4, -0.2) is 54.1 Å². The lowest BCUT2D eigenvalue weighted by atomic mass is 10.0. The van der Waals surface area contributed by atoms with E-state index in [1.807, 2.05) is 0 Å². The number of hydrogen-bond acceptors (Lipinski definition) is 2. The molecule has 2 fully saturated rings. The molecule has 0 bridgehead atoms. The summed E-state index contributed by atoms with van der Waals surface area (Å²) in [5.74, 6) is 0.649. The Morgan fingerprint density at radius 1 is 1.37 bits per heavy atom. The minimum atomic E-state index is 0.246. The lowest BCUT2D eigenvalue weighted by molar-refractivity contribution is 0.116. The normalized spacial score (nSPS) is 27.9. The van der Waals surface area contributed by atoms with Crippen LogP contribution < -0.4 is 5.32 Å². The molecular formula is C15H29N3O. The molecule has 2 aliphatic rings. The molecule has 2 aliphatic heterocycles. The monoisotopic (exact) mass is 267 g/mol. The van der Waals surface area contributed by atoms with Crippen molar-refractivity contribution in [3.05, 3.63) is 0 Å². The summed E-state index contributed by atoms with van der Waals surface area (Å²) in [5.41, 5.74) is 0. The van der Waals surface area contributed by atoms with E-state index in [1.54, 1.807) is 0 Å². The van der Waals surface area contributed by atoms with E-state index >= 15 is 0 Å². The van der Waals surface area contributed by atoms with Gasteiger partial charge in [-0.2, -0.15) is 0 Å². The van der Waals surface area contributed by atoms with Gasteiger partial charge in [-0.3, -0.25) is 0 Å². The van der Waals surface area contributed by atoms with Crippen LogP contribution in [0.2, 0.25) is 0 Å². The second kappa shape index (κ2) is 6.60. The van der Waals surface area contributed by atoms with Gasteiger partial charge >= 0.3 is 6.03 Å². The zero-order valence-electron chi connectivity index (χ0n) is 12.7. The van der Waals surface area contributed by atoms with Crippen LogP contribution in [0.4, 0.5) is 4.79 Å². The number of urea groups is 1. The Morgan fingerprint density at radius 3 is 2.74 bits per heavy atom. The van der Waals surface area contributed by atoms with Crippen LogP contribution in [-0.2, 0) is 0 Å². The number of carbonyl (C=O) groups is 1. The van der Waals surface area contributed by atoms with Crippen LogP contribution in [0.15, 0.2) is 0 Å². The van der Waals surface area contributed by atoms with Crippen LogP contribution in [0.1, 0.15) is 46.5 Å². The van der Waals surface area contributed by atoms with Gasteiger partial charge in [-0.05, 0) is 52.0 Å². The van der Waals surface area contributed by atoms with Crippen LogP contribution in [0.3, 0.4) is 0 Å². The Morgan fingerprint density at radius 2 is 2.16 bits per heavy atom. The van der Waals surface area contributed by atoms with Crippen molar-refractivity contribution in [2.75, 3.05) is 26.2 Å². The second-order valence-electron chi connectivity index (χ2n) is 6.52. The number of nitrogens with zero attached hydrogens (tertiary/aromatic N) is 2. The second-order valence-corrected chi connectivity index (χ2v) is 6.52. The Hall–Kier alpha value is -0.770. The Kier molecular flexibility index (Phi) is 5.08. The number of carbonyl (C=O) groups excluding carboxylic acids is 1. The molecule has 4 nitrogen and oxygen atoms in total. The van der Waals surface area contributed by atoms with Gasteiger partial charge in [0, 0.05) is 31.7 Å². The van der Waals surface area contributed by atoms with E-state index in [-0.39, 0.29) is 12.1 Å². The number of amides is 2. The zero-order chi connectivity index (χ0) is 13.8. The standard InChI is InChI=1S/C15H29N3O/c1-12(2)18(11-14-7-4-8-16-14)15(19)17-9-5-6-13(3)10-17/h12-14,16H,4-11H2,1-3H3. The van der Waals surface area contributed by atoms with Gasteiger partial charge in [0.1, 0.15) is 0 Å². The number of rotatable bonds is 3. The third kappa shape index (κ3) is 3.85. The third-order valence-corrected chi connectivity index (χ3v) is 4.38. The van der Waals surface area contributed by atoms with E-state index in [1.165, 1.54) is 19.3 Å². The molecule has 0 saturated carbocycles. The highest BCUT2D eigenvalue weighted by Crippen LogP contribution is 2.19. The molecule has 2 heterocycles. The first-order valence-corrected chi connectivity index (χ1v) is 7.87. The lowest BCUT2D eigenvalue weighted by Gasteiger charge is -2.38. The highest BCUT2D eigenvalue weighted by molar-refractivity contribution is 5.75. The fraction of sp³-hybridized carbons (Fsp3) is 0.933. The fourth-order valence-corrected chi connectivity index (χ4v) is 3.20. The van der Waals surface area contributed by atoms with E-state index < -0.39 is 0 Å². The van der Waals surface area contributed by atoms with Crippen LogP contribution in [0.25, 0.3) is 0 Å². The molecule has 0 aromatic rings. The maximum absolute atomic E-state index is 12.7. The Labute approximate surface area is 117 Å². The largest absolute Gasteiger partial charge is 0.324 e. The van der Waals surface area contributed by atoms with E-state index in [0.717, 1.165) is 32.6 Å². The summed E-state index contributed by atoms with van der Waals surface area (Å²) in [6.07, 6.45) is 4.86. The van der Waals surface area contributed by atoms with E-state index in [2.05, 4.69) is 35.9 Å². The first-order chi connectivity index (χ1) is 9.08.